The molecule has 0 radical (unpaired) electrons. The van der Waals surface area contributed by atoms with Gasteiger partial charge in [-0.3, -0.25) is 23.7 Å². The van der Waals surface area contributed by atoms with E-state index in [2.05, 4.69) is 26.9 Å². The van der Waals surface area contributed by atoms with Crippen LogP contribution >= 0.6 is 0 Å². The van der Waals surface area contributed by atoms with Crippen molar-refractivity contribution in [3.05, 3.63) is 67.5 Å². The van der Waals surface area contributed by atoms with E-state index in [0.717, 1.165) is 16.7 Å². The first kappa shape index (κ1) is 40.3. The van der Waals surface area contributed by atoms with E-state index in [1.54, 1.807) is 67.8 Å². The van der Waals surface area contributed by atoms with Crippen LogP contribution in [0.15, 0.2) is 67.5 Å². The van der Waals surface area contributed by atoms with Crippen molar-refractivity contribution in [2.24, 2.45) is 11.3 Å². The highest BCUT2D eigenvalue weighted by Gasteiger charge is 2.52. The lowest BCUT2D eigenvalue weighted by atomic mass is 9.85. The molecule has 15 heteroatoms. The first-order valence-corrected chi connectivity index (χ1v) is 19.6. The number of nitrogens with zero attached hydrogens (tertiary/aromatic N) is 3. The van der Waals surface area contributed by atoms with Gasteiger partial charge in [-0.25, -0.2) is 18.2 Å². The molecule has 1 saturated heterocycles. The Kier molecular flexibility index (Phi) is 11.2. The van der Waals surface area contributed by atoms with E-state index < -0.39 is 79.7 Å². The monoisotopic (exact) mass is 764 g/mol. The van der Waals surface area contributed by atoms with Crippen molar-refractivity contribution < 1.29 is 37.1 Å². The lowest BCUT2D eigenvalue weighted by Crippen LogP contribution is -2.60. The van der Waals surface area contributed by atoms with Crippen LogP contribution in [0.4, 0.5) is 4.79 Å². The van der Waals surface area contributed by atoms with Crippen molar-refractivity contribution in [1.29, 1.82) is 0 Å². The lowest BCUT2D eigenvalue weighted by molar-refractivity contribution is -0.142. The molecule has 5 unspecified atom stereocenters. The Morgan fingerprint density at radius 2 is 1.69 bits per heavy atom. The van der Waals surface area contributed by atoms with Crippen LogP contribution in [-0.4, -0.2) is 87.8 Å². The normalized spacial score (nSPS) is 20.0. The number of nitrogens with one attached hydrogen (secondary N) is 3. The van der Waals surface area contributed by atoms with Gasteiger partial charge in [0.1, 0.15) is 41.9 Å². The van der Waals surface area contributed by atoms with Crippen molar-refractivity contribution in [1.82, 2.24) is 29.8 Å². The summed E-state index contributed by atoms with van der Waals surface area (Å²) >= 11 is 0. The van der Waals surface area contributed by atoms with E-state index in [-0.39, 0.29) is 13.0 Å². The predicted molar refractivity (Wildman–Crippen MR) is 204 cm³/mol. The highest BCUT2D eigenvalue weighted by Crippen LogP contribution is 2.42. The summed E-state index contributed by atoms with van der Waals surface area (Å²) in [4.78, 5) is 61.0. The molecule has 0 bridgehead atoms. The van der Waals surface area contributed by atoms with Gasteiger partial charge in [-0.1, -0.05) is 52.0 Å². The topological polar surface area (TPSA) is 178 Å². The van der Waals surface area contributed by atoms with Gasteiger partial charge in [0.2, 0.25) is 21.8 Å². The molecule has 0 spiro atoms. The van der Waals surface area contributed by atoms with Gasteiger partial charge in [-0.2, -0.15) is 0 Å². The number of para-hydroxylation sites is 1. The number of carbonyl (C=O) groups is 4. The molecule has 2 fully saturated rings. The number of amides is 4. The number of fused-ring (bicyclic) bond motifs is 1. The third-order valence-electron chi connectivity index (χ3n) is 9.79. The number of likely N-dealkylation sites (tertiary alicyclic amines) is 1. The largest absolute Gasteiger partial charge is 0.488 e. The molecule has 3 N–H and O–H groups in total. The number of sulfonamides is 1. The molecule has 1 saturated carbocycles. The van der Waals surface area contributed by atoms with E-state index in [9.17, 15) is 27.6 Å². The van der Waals surface area contributed by atoms with E-state index in [0.29, 0.717) is 18.6 Å². The second-order valence-corrected chi connectivity index (χ2v) is 18.7. The minimum atomic E-state index is -4.01. The number of aromatic nitrogens is 2. The van der Waals surface area contributed by atoms with Gasteiger partial charge >= 0.3 is 6.09 Å². The van der Waals surface area contributed by atoms with Crippen LogP contribution in [0.3, 0.4) is 0 Å². The summed E-state index contributed by atoms with van der Waals surface area (Å²) in [6.07, 6.45) is 2.54. The maximum atomic E-state index is 14.5. The van der Waals surface area contributed by atoms with Crippen LogP contribution in [0.1, 0.15) is 74.7 Å². The molecule has 1 aliphatic heterocycles. The van der Waals surface area contributed by atoms with Gasteiger partial charge in [-0.15, -0.1) is 6.58 Å². The van der Waals surface area contributed by atoms with E-state index in [1.165, 1.54) is 11.0 Å². The molecule has 2 aromatic carbocycles. The van der Waals surface area contributed by atoms with E-state index >= 15 is 0 Å². The summed E-state index contributed by atoms with van der Waals surface area (Å²) in [6, 6.07) is 11.5. The number of alkyl carbamates (subject to hydrolysis) is 1. The lowest BCUT2D eigenvalue weighted by Gasteiger charge is -2.36. The molecular formula is C39H52N6O8S. The summed E-state index contributed by atoms with van der Waals surface area (Å²) in [5.74, 6) is -2.35. The summed E-state index contributed by atoms with van der Waals surface area (Å²) in [5.41, 5.74) is 0.788. The highest BCUT2D eigenvalue weighted by atomic mass is 32.2. The van der Waals surface area contributed by atoms with E-state index in [4.69, 9.17) is 9.47 Å². The average Bonchev–Trinajstić information content (AvgIpc) is 3.51. The molecule has 5 atom stereocenters. The zero-order chi connectivity index (χ0) is 39.8. The minimum absolute atomic E-state index is 0.0317. The standard InChI is InChI=1S/C39H52N6O8S/c1-10-24(2)31(34(47)43-54(50,51)39(9)18-19-39)41-33(46)30-21-27(22-44(30)35(48)32(37(3,4)5)42-36(49)53-38(6,7)8)52-26-16-17-28-29(20-26)45(23-40-28)25-14-12-11-13-15-25/h10-17,20,23-24,27,30-32H,1,18-19,21-22H2,2-9H3,(H,41,46)(H,42,49)(H,43,47). The maximum absolute atomic E-state index is 14.5. The van der Waals surface area contributed by atoms with Crippen LogP contribution in [0.2, 0.25) is 0 Å². The molecule has 292 valence electrons. The Labute approximate surface area is 317 Å². The van der Waals surface area contributed by atoms with Crippen molar-refractivity contribution in [3.63, 3.8) is 0 Å². The van der Waals surface area contributed by atoms with E-state index in [1.807, 2.05) is 47.0 Å². The third-order valence-corrected chi connectivity index (χ3v) is 12.0. The molecular weight excluding hydrogens is 713 g/mol. The summed E-state index contributed by atoms with van der Waals surface area (Å²) in [7, 11) is -4.01. The maximum Gasteiger partial charge on any atom is 0.408 e. The van der Waals surface area contributed by atoms with Gasteiger partial charge in [0.25, 0.3) is 5.91 Å². The second kappa shape index (κ2) is 15.1. The van der Waals surface area contributed by atoms with Crippen LogP contribution in [0.25, 0.3) is 16.7 Å². The van der Waals surface area contributed by atoms with Gasteiger partial charge < -0.3 is 25.0 Å². The first-order chi connectivity index (χ1) is 25.1. The zero-order valence-electron chi connectivity index (χ0n) is 32.2. The van der Waals surface area contributed by atoms with Gasteiger partial charge in [0, 0.05) is 24.1 Å². The average molecular weight is 765 g/mol. The summed E-state index contributed by atoms with van der Waals surface area (Å²) < 4.78 is 40.9. The van der Waals surface area contributed by atoms with Crippen molar-refractivity contribution >= 4 is 44.9 Å². The van der Waals surface area contributed by atoms with Gasteiger partial charge in [0.15, 0.2) is 0 Å². The number of ether oxygens (including phenoxy) is 2. The third kappa shape index (κ3) is 9.05. The summed E-state index contributed by atoms with van der Waals surface area (Å²) in [5, 5.41) is 5.42. The Balaban J connectivity index is 1.44. The molecule has 4 amide bonds. The SMILES string of the molecule is C=CC(C)C(NC(=O)C1CC(Oc2ccc3ncn(-c4ccccc4)c3c2)CN1C(=O)C(NC(=O)OC(C)(C)C)C(C)(C)C)C(=O)NS(=O)(=O)C1(C)CC1. The fourth-order valence-electron chi connectivity index (χ4n) is 6.25. The second-order valence-electron chi connectivity index (χ2n) is 16.5. The number of rotatable bonds is 12. The van der Waals surface area contributed by atoms with Crippen LogP contribution < -0.4 is 20.1 Å². The molecule has 2 aliphatic rings. The Morgan fingerprint density at radius 3 is 2.28 bits per heavy atom. The fraction of sp³-hybridized carbons (Fsp3) is 0.513. The number of imidazole rings is 1. The van der Waals surface area contributed by atoms with Crippen molar-refractivity contribution in [3.8, 4) is 11.4 Å². The van der Waals surface area contributed by atoms with Gasteiger partial charge in [-0.05, 0) is 70.2 Å². The highest BCUT2D eigenvalue weighted by molar-refractivity contribution is 7.91. The predicted octanol–water partition coefficient (Wildman–Crippen LogP) is 4.62. The molecule has 54 heavy (non-hydrogen) atoms. The molecule has 14 nitrogen and oxygen atoms in total. The zero-order valence-corrected chi connectivity index (χ0v) is 33.0. The Bertz CT molecular complexity index is 2010. The van der Waals surface area contributed by atoms with Crippen molar-refractivity contribution in [2.75, 3.05) is 6.54 Å². The molecule has 5 rings (SSSR count). The molecule has 3 aromatic rings. The van der Waals surface area contributed by atoms with Crippen LogP contribution in [0, 0.1) is 11.3 Å². The number of carbonyl (C=O) groups excluding carboxylic acids is 4. The number of benzene rings is 2. The molecule has 1 aliphatic carbocycles. The Hall–Kier alpha value is -4.92. The Morgan fingerprint density at radius 1 is 1.02 bits per heavy atom. The number of hydrogen-bond donors (Lipinski definition) is 3. The molecule has 2 heterocycles. The molecule has 1 aromatic heterocycles. The first-order valence-electron chi connectivity index (χ1n) is 18.1. The van der Waals surface area contributed by atoms with Crippen LogP contribution in [-0.2, 0) is 29.1 Å². The van der Waals surface area contributed by atoms with Gasteiger partial charge in [0.05, 0.1) is 22.3 Å². The quantitative estimate of drug-likeness (QED) is 0.222. The minimum Gasteiger partial charge on any atom is -0.488 e. The smallest absolute Gasteiger partial charge is 0.408 e. The van der Waals surface area contributed by atoms with Crippen LogP contribution in [0.5, 0.6) is 5.75 Å². The van der Waals surface area contributed by atoms with Crippen molar-refractivity contribution in [2.45, 2.75) is 109 Å². The summed E-state index contributed by atoms with van der Waals surface area (Å²) in [6.45, 7) is 17.4. The fourth-order valence-corrected chi connectivity index (χ4v) is 7.53. The number of hydrogen-bond acceptors (Lipinski definition) is 9.